The summed E-state index contributed by atoms with van der Waals surface area (Å²) in [5, 5.41) is 19.8. The van der Waals surface area contributed by atoms with Crippen molar-refractivity contribution in [2.45, 2.75) is 76.8 Å². The second-order valence-corrected chi connectivity index (χ2v) is 16.0. The van der Waals surface area contributed by atoms with Gasteiger partial charge in [-0.2, -0.15) is 0 Å². The van der Waals surface area contributed by atoms with Crippen LogP contribution in [-0.2, 0) is 25.7 Å². The fourth-order valence-electron chi connectivity index (χ4n) is 8.37. The van der Waals surface area contributed by atoms with E-state index in [-0.39, 0.29) is 42.3 Å². The molecule has 2 saturated heterocycles. The number of benzene rings is 2. The highest BCUT2D eigenvalue weighted by Crippen LogP contribution is 2.33. The molecule has 1 atom stereocenters. The monoisotopic (exact) mass is 857 g/mol. The number of imide groups is 2. The van der Waals surface area contributed by atoms with Gasteiger partial charge in [-0.25, -0.2) is 4.98 Å². The van der Waals surface area contributed by atoms with Crippen molar-refractivity contribution in [2.24, 2.45) is 0 Å². The van der Waals surface area contributed by atoms with E-state index in [0.717, 1.165) is 85.5 Å². The van der Waals surface area contributed by atoms with Crippen molar-refractivity contribution in [3.05, 3.63) is 90.3 Å². The van der Waals surface area contributed by atoms with E-state index in [1.807, 2.05) is 21.4 Å². The van der Waals surface area contributed by atoms with E-state index in [4.69, 9.17) is 4.42 Å². The predicted octanol–water partition coefficient (Wildman–Crippen LogP) is 4.40. The lowest BCUT2D eigenvalue weighted by Gasteiger charge is -2.36. The Labute approximate surface area is 363 Å². The van der Waals surface area contributed by atoms with Crippen LogP contribution < -0.4 is 26.2 Å². The lowest BCUT2D eigenvalue weighted by Crippen LogP contribution is -2.54. The molecule has 1 unspecified atom stereocenters. The van der Waals surface area contributed by atoms with Crippen molar-refractivity contribution in [2.75, 3.05) is 54.8 Å². The van der Waals surface area contributed by atoms with Crippen molar-refractivity contribution in [1.29, 1.82) is 0 Å². The molecule has 0 aliphatic carbocycles. The minimum absolute atomic E-state index is 0.0381. The lowest BCUT2D eigenvalue weighted by molar-refractivity contribution is -0.136. The number of piperidine rings is 1. The standard InChI is InChI=1S/C45H51N11O7/c57-37-19-18-36(42(60)51-37)56-43(61)33-11-8-12-35(40(33)44(56)62)47-28-38(58)46-20-7-5-3-1-2-4-6-13-39(59)54-23-21-53(22-24-54)31-16-14-30(15-17-31)34-27-49-45(55-29-50-52-41(34)55)48-26-32-10-9-25-63-32/h8-12,14-17,25,27,29,36,47H,1-7,13,18-24,26,28H2,(H,46,58)(H,48,49)(H,51,57,60). The van der Waals surface area contributed by atoms with Crippen LogP contribution in [0.1, 0.15) is 90.7 Å². The zero-order chi connectivity index (χ0) is 43.7. The van der Waals surface area contributed by atoms with Gasteiger partial charge in [-0.05, 0) is 61.2 Å². The third-order valence-electron chi connectivity index (χ3n) is 11.8. The van der Waals surface area contributed by atoms with Gasteiger partial charge in [-0.15, -0.1) is 10.2 Å². The number of furan rings is 1. The number of hydrogen-bond acceptors (Lipinski definition) is 13. The topological polar surface area (TPSA) is 216 Å². The van der Waals surface area contributed by atoms with E-state index in [1.54, 1.807) is 30.9 Å². The molecule has 0 spiro atoms. The zero-order valence-electron chi connectivity index (χ0n) is 35.0. The van der Waals surface area contributed by atoms with E-state index < -0.39 is 29.7 Å². The molecule has 2 aromatic carbocycles. The van der Waals surface area contributed by atoms with Gasteiger partial charge in [0, 0.05) is 68.7 Å². The molecule has 3 aliphatic rings. The highest BCUT2D eigenvalue weighted by atomic mass is 16.3. The molecule has 0 bridgehead atoms. The molecule has 6 heterocycles. The molecule has 6 amide bonds. The van der Waals surface area contributed by atoms with Crippen LogP contribution in [0.4, 0.5) is 17.3 Å². The van der Waals surface area contributed by atoms with E-state index >= 15 is 0 Å². The Bertz CT molecular complexity index is 2460. The Kier molecular flexibility index (Phi) is 13.3. The maximum atomic E-state index is 13.3. The van der Waals surface area contributed by atoms with E-state index in [9.17, 15) is 28.8 Å². The van der Waals surface area contributed by atoms with Gasteiger partial charge in [0.1, 0.15) is 18.1 Å². The van der Waals surface area contributed by atoms with Gasteiger partial charge in [0.25, 0.3) is 11.8 Å². The van der Waals surface area contributed by atoms with Crippen LogP contribution in [0.5, 0.6) is 0 Å². The normalized spacial score (nSPS) is 16.4. The molecule has 8 rings (SSSR count). The molecular formula is C45H51N11O7. The second-order valence-electron chi connectivity index (χ2n) is 16.0. The van der Waals surface area contributed by atoms with Gasteiger partial charge < -0.3 is 30.2 Å². The summed E-state index contributed by atoms with van der Waals surface area (Å²) in [6.07, 6.45) is 12.6. The summed E-state index contributed by atoms with van der Waals surface area (Å²) >= 11 is 0. The van der Waals surface area contributed by atoms with Crippen molar-refractivity contribution in [3.63, 3.8) is 0 Å². The van der Waals surface area contributed by atoms with Crippen molar-refractivity contribution >= 4 is 58.4 Å². The van der Waals surface area contributed by atoms with Crippen LogP contribution in [0.15, 0.2) is 77.8 Å². The van der Waals surface area contributed by atoms with Crippen molar-refractivity contribution < 1.29 is 33.2 Å². The zero-order valence-corrected chi connectivity index (χ0v) is 35.0. The summed E-state index contributed by atoms with van der Waals surface area (Å²) in [4.78, 5) is 85.7. The first-order valence-electron chi connectivity index (χ1n) is 21.7. The summed E-state index contributed by atoms with van der Waals surface area (Å²) < 4.78 is 7.25. The number of nitrogens with zero attached hydrogens (tertiary/aromatic N) is 7. The summed E-state index contributed by atoms with van der Waals surface area (Å²) in [5.74, 6) is -0.931. The number of unbranched alkanes of at least 4 members (excludes halogenated alkanes) is 6. The van der Waals surface area contributed by atoms with Crippen molar-refractivity contribution in [3.8, 4) is 11.1 Å². The van der Waals surface area contributed by atoms with Gasteiger partial charge in [0.05, 0.1) is 30.5 Å². The molecular weight excluding hydrogens is 807 g/mol. The average molecular weight is 858 g/mol. The molecule has 3 aromatic heterocycles. The Morgan fingerprint density at radius 2 is 1.60 bits per heavy atom. The van der Waals surface area contributed by atoms with Crippen molar-refractivity contribution in [1.82, 2.24) is 40.0 Å². The van der Waals surface area contributed by atoms with Crippen LogP contribution in [0.3, 0.4) is 0 Å². The summed E-state index contributed by atoms with van der Waals surface area (Å²) in [6.45, 7) is 3.88. The quantitative estimate of drug-likeness (QED) is 0.0670. The maximum Gasteiger partial charge on any atom is 0.264 e. The number of nitrogens with one attached hydrogen (secondary N) is 4. The number of aromatic nitrogens is 4. The molecule has 2 fully saturated rings. The molecule has 18 heteroatoms. The molecule has 3 aliphatic heterocycles. The minimum Gasteiger partial charge on any atom is -0.467 e. The first kappa shape index (κ1) is 42.6. The first-order valence-corrected chi connectivity index (χ1v) is 21.7. The first-order chi connectivity index (χ1) is 30.7. The largest absolute Gasteiger partial charge is 0.467 e. The Morgan fingerprint density at radius 3 is 2.37 bits per heavy atom. The minimum atomic E-state index is -1.06. The predicted molar refractivity (Wildman–Crippen MR) is 233 cm³/mol. The van der Waals surface area contributed by atoms with Gasteiger partial charge in [-0.3, -0.25) is 43.4 Å². The van der Waals surface area contributed by atoms with Crippen LogP contribution >= 0.6 is 0 Å². The molecule has 0 saturated carbocycles. The number of amides is 6. The Morgan fingerprint density at radius 1 is 0.825 bits per heavy atom. The Balaban J connectivity index is 0.671. The van der Waals surface area contributed by atoms with Crippen LogP contribution in [-0.4, -0.2) is 110 Å². The smallest absolute Gasteiger partial charge is 0.264 e. The number of anilines is 3. The van der Waals surface area contributed by atoms with Crippen LogP contribution in [0.2, 0.25) is 0 Å². The van der Waals surface area contributed by atoms with Crippen LogP contribution in [0, 0.1) is 0 Å². The number of piperazine rings is 1. The average Bonchev–Trinajstić information content (AvgIpc) is 4.07. The number of fused-ring (bicyclic) bond motifs is 2. The highest BCUT2D eigenvalue weighted by Gasteiger charge is 2.45. The maximum absolute atomic E-state index is 13.3. The van der Waals surface area contributed by atoms with Gasteiger partial charge >= 0.3 is 0 Å². The molecule has 0 radical (unpaired) electrons. The molecule has 4 N–H and O–H groups in total. The fraction of sp³-hybridized carbons (Fsp3) is 0.400. The fourth-order valence-corrected chi connectivity index (χ4v) is 8.37. The molecule has 5 aromatic rings. The number of carbonyl (C=O) groups excluding carboxylic acids is 6. The van der Waals surface area contributed by atoms with Gasteiger partial charge in [0.15, 0.2) is 5.65 Å². The third kappa shape index (κ3) is 9.84. The Hall–Kier alpha value is -7.11. The molecule has 328 valence electrons. The number of rotatable bonds is 19. The highest BCUT2D eigenvalue weighted by molar-refractivity contribution is 6.25. The summed E-state index contributed by atoms with van der Waals surface area (Å²) in [6, 6.07) is 15.8. The SMILES string of the molecule is O=C(CNc1cccc2c1C(=O)N(C1CCC(=O)NC1=O)C2=O)NCCCCCCCCCC(=O)N1CCN(c2ccc(-c3cnc(NCc4ccco4)n4cnnc34)cc2)CC1. The number of carbonyl (C=O) groups is 6. The number of hydrogen-bond donors (Lipinski definition) is 4. The molecule has 63 heavy (non-hydrogen) atoms. The van der Waals surface area contributed by atoms with E-state index in [0.29, 0.717) is 49.9 Å². The van der Waals surface area contributed by atoms with Gasteiger partial charge in [-0.1, -0.05) is 50.3 Å². The van der Waals surface area contributed by atoms with Crippen LogP contribution in [0.25, 0.3) is 16.8 Å². The molecule has 18 nitrogen and oxygen atoms in total. The van der Waals surface area contributed by atoms with Gasteiger partial charge in [0.2, 0.25) is 29.6 Å². The third-order valence-corrected chi connectivity index (χ3v) is 11.8. The summed E-state index contributed by atoms with van der Waals surface area (Å²) in [5.41, 5.74) is 4.29. The van der Waals surface area contributed by atoms with E-state index in [1.165, 1.54) is 6.07 Å². The summed E-state index contributed by atoms with van der Waals surface area (Å²) in [7, 11) is 0. The van der Waals surface area contributed by atoms with E-state index in [2.05, 4.69) is 65.6 Å². The lowest BCUT2D eigenvalue weighted by atomic mass is 10.0. The second kappa shape index (κ2) is 19.7.